The normalized spacial score (nSPS) is 12.4. The van der Waals surface area contributed by atoms with Crippen LogP contribution >= 0.6 is 11.3 Å². The molecule has 6 heteroatoms. The van der Waals surface area contributed by atoms with Gasteiger partial charge >= 0.3 is 5.97 Å². The van der Waals surface area contributed by atoms with E-state index in [1.807, 2.05) is 55.6 Å². The SMILES string of the molecule is COc1ccc2[nH]cc(CC(=O)OC(C)c3nc4ccccc4s3)c2c1. The Balaban J connectivity index is 1.49. The zero-order chi connectivity index (χ0) is 18.1. The monoisotopic (exact) mass is 366 g/mol. The highest BCUT2D eigenvalue weighted by Gasteiger charge is 2.17. The first-order valence-electron chi connectivity index (χ1n) is 8.33. The number of nitrogens with zero attached hydrogens (tertiary/aromatic N) is 1. The average molecular weight is 366 g/mol. The number of fused-ring (bicyclic) bond motifs is 2. The molecule has 2 aromatic carbocycles. The molecule has 2 aromatic heterocycles. The Bertz CT molecular complexity index is 1050. The number of carbonyl (C=O) groups excluding carboxylic acids is 1. The van der Waals surface area contributed by atoms with E-state index >= 15 is 0 Å². The third kappa shape index (κ3) is 3.15. The molecule has 2 heterocycles. The molecule has 0 saturated carbocycles. The summed E-state index contributed by atoms with van der Waals surface area (Å²) in [6.07, 6.45) is 1.66. The number of esters is 1. The molecule has 0 amide bonds. The smallest absolute Gasteiger partial charge is 0.311 e. The number of ether oxygens (including phenoxy) is 2. The van der Waals surface area contributed by atoms with Gasteiger partial charge in [-0.1, -0.05) is 12.1 Å². The highest BCUT2D eigenvalue weighted by atomic mass is 32.1. The van der Waals surface area contributed by atoms with Crippen LogP contribution in [0.15, 0.2) is 48.7 Å². The number of benzene rings is 2. The Morgan fingerprint density at radius 3 is 2.92 bits per heavy atom. The summed E-state index contributed by atoms with van der Waals surface area (Å²) in [5.74, 6) is 0.482. The van der Waals surface area contributed by atoms with Gasteiger partial charge in [0.05, 0.1) is 23.7 Å². The number of hydrogen-bond donors (Lipinski definition) is 1. The minimum atomic E-state index is -0.375. The minimum absolute atomic E-state index is 0.197. The van der Waals surface area contributed by atoms with Crippen LogP contribution in [-0.4, -0.2) is 23.0 Å². The van der Waals surface area contributed by atoms with E-state index in [0.29, 0.717) is 0 Å². The molecular weight excluding hydrogens is 348 g/mol. The Kier molecular flexibility index (Phi) is 4.34. The minimum Gasteiger partial charge on any atom is -0.497 e. The lowest BCUT2D eigenvalue weighted by Crippen LogP contribution is -2.11. The van der Waals surface area contributed by atoms with Gasteiger partial charge in [0.1, 0.15) is 10.8 Å². The van der Waals surface area contributed by atoms with Crippen LogP contribution in [0.1, 0.15) is 23.6 Å². The maximum absolute atomic E-state index is 12.4. The number of rotatable bonds is 5. The molecule has 0 radical (unpaired) electrons. The van der Waals surface area contributed by atoms with Gasteiger partial charge in [-0.15, -0.1) is 11.3 Å². The predicted molar refractivity (Wildman–Crippen MR) is 103 cm³/mol. The van der Waals surface area contributed by atoms with Gasteiger partial charge in [0, 0.05) is 17.1 Å². The molecule has 132 valence electrons. The van der Waals surface area contributed by atoms with Gasteiger partial charge < -0.3 is 14.5 Å². The molecule has 0 aliphatic carbocycles. The van der Waals surface area contributed by atoms with Crippen LogP contribution in [0.4, 0.5) is 0 Å². The Morgan fingerprint density at radius 1 is 1.27 bits per heavy atom. The number of thiazole rings is 1. The van der Waals surface area contributed by atoms with Crippen molar-refractivity contribution in [3.8, 4) is 5.75 Å². The highest BCUT2D eigenvalue weighted by Crippen LogP contribution is 2.29. The molecular formula is C20H18N2O3S. The molecule has 0 spiro atoms. The molecule has 0 fully saturated rings. The standard InChI is InChI=1S/C20H18N2O3S/c1-12(20-22-17-5-3-4-6-18(17)26-20)25-19(23)9-13-11-21-16-8-7-14(24-2)10-15(13)16/h3-8,10-12,21H,9H2,1-2H3. The van der Waals surface area contributed by atoms with Gasteiger partial charge in [-0.05, 0) is 42.8 Å². The maximum atomic E-state index is 12.4. The van der Waals surface area contributed by atoms with Crippen molar-refractivity contribution in [3.05, 3.63) is 59.2 Å². The summed E-state index contributed by atoms with van der Waals surface area (Å²) >= 11 is 1.55. The van der Waals surface area contributed by atoms with E-state index in [-0.39, 0.29) is 18.5 Å². The molecule has 4 rings (SSSR count). The molecule has 5 nitrogen and oxygen atoms in total. The zero-order valence-corrected chi connectivity index (χ0v) is 15.3. The first-order valence-corrected chi connectivity index (χ1v) is 9.14. The van der Waals surface area contributed by atoms with E-state index in [1.54, 1.807) is 18.4 Å². The van der Waals surface area contributed by atoms with Gasteiger partial charge in [0.2, 0.25) is 0 Å². The van der Waals surface area contributed by atoms with Gasteiger partial charge in [0.25, 0.3) is 0 Å². The van der Waals surface area contributed by atoms with Gasteiger partial charge in [-0.25, -0.2) is 4.98 Å². The van der Waals surface area contributed by atoms with E-state index in [1.165, 1.54) is 0 Å². The van der Waals surface area contributed by atoms with Crippen LogP contribution in [0.2, 0.25) is 0 Å². The molecule has 0 aliphatic heterocycles. The summed E-state index contributed by atoms with van der Waals surface area (Å²) in [6, 6.07) is 13.7. The average Bonchev–Trinajstić information content (AvgIpc) is 3.25. The van der Waals surface area contributed by atoms with Crippen LogP contribution in [-0.2, 0) is 16.0 Å². The van der Waals surface area contributed by atoms with Crippen molar-refractivity contribution in [2.75, 3.05) is 7.11 Å². The number of carbonyl (C=O) groups is 1. The molecule has 0 aliphatic rings. The molecule has 26 heavy (non-hydrogen) atoms. The number of aromatic nitrogens is 2. The number of para-hydroxylation sites is 1. The van der Waals surface area contributed by atoms with Crippen LogP contribution < -0.4 is 4.74 Å². The number of nitrogens with one attached hydrogen (secondary N) is 1. The fraction of sp³-hybridized carbons (Fsp3) is 0.200. The molecule has 4 aromatic rings. The van der Waals surface area contributed by atoms with E-state index in [0.717, 1.165) is 37.4 Å². The Hall–Kier alpha value is -2.86. The van der Waals surface area contributed by atoms with E-state index < -0.39 is 0 Å². The Labute approximate surface area is 154 Å². The van der Waals surface area contributed by atoms with Gasteiger partial charge in [0.15, 0.2) is 6.10 Å². The van der Waals surface area contributed by atoms with Crippen molar-refractivity contribution in [2.45, 2.75) is 19.4 Å². The summed E-state index contributed by atoms with van der Waals surface area (Å²) in [6.45, 7) is 1.86. The van der Waals surface area contributed by atoms with Gasteiger partial charge in [-0.2, -0.15) is 0 Å². The third-order valence-electron chi connectivity index (χ3n) is 4.28. The van der Waals surface area contributed by atoms with Crippen molar-refractivity contribution in [3.63, 3.8) is 0 Å². The summed E-state index contributed by atoms with van der Waals surface area (Å²) in [5.41, 5.74) is 2.78. The largest absolute Gasteiger partial charge is 0.497 e. The van der Waals surface area contributed by atoms with Crippen molar-refractivity contribution >= 4 is 38.4 Å². The van der Waals surface area contributed by atoms with Crippen LogP contribution in [0.3, 0.4) is 0 Å². The fourth-order valence-corrected chi connectivity index (χ4v) is 3.89. The number of methoxy groups -OCH3 is 1. The van der Waals surface area contributed by atoms with Crippen molar-refractivity contribution in [1.82, 2.24) is 9.97 Å². The topological polar surface area (TPSA) is 64.2 Å². The highest BCUT2D eigenvalue weighted by molar-refractivity contribution is 7.18. The molecule has 0 bridgehead atoms. The summed E-state index contributed by atoms with van der Waals surface area (Å²) in [4.78, 5) is 20.1. The van der Waals surface area contributed by atoms with Gasteiger partial charge in [-0.3, -0.25) is 4.79 Å². The van der Waals surface area contributed by atoms with E-state index in [2.05, 4.69) is 9.97 Å². The van der Waals surface area contributed by atoms with E-state index in [9.17, 15) is 4.79 Å². The lowest BCUT2D eigenvalue weighted by atomic mass is 10.1. The fourth-order valence-electron chi connectivity index (χ4n) is 2.94. The first kappa shape index (κ1) is 16.6. The second-order valence-corrected chi connectivity index (χ2v) is 7.12. The van der Waals surface area contributed by atoms with Crippen LogP contribution in [0.25, 0.3) is 21.1 Å². The number of hydrogen-bond acceptors (Lipinski definition) is 5. The van der Waals surface area contributed by atoms with Crippen molar-refractivity contribution < 1.29 is 14.3 Å². The second kappa shape index (κ2) is 6.80. The van der Waals surface area contributed by atoms with Crippen LogP contribution in [0, 0.1) is 0 Å². The third-order valence-corrected chi connectivity index (χ3v) is 5.47. The quantitative estimate of drug-likeness (QED) is 0.523. The Morgan fingerprint density at radius 2 is 2.12 bits per heavy atom. The summed E-state index contributed by atoms with van der Waals surface area (Å²) in [5, 5.41) is 1.77. The lowest BCUT2D eigenvalue weighted by Gasteiger charge is -2.10. The zero-order valence-electron chi connectivity index (χ0n) is 14.5. The predicted octanol–water partition coefficient (Wildman–Crippen LogP) is 4.63. The first-order chi connectivity index (χ1) is 12.6. The van der Waals surface area contributed by atoms with Crippen LogP contribution in [0.5, 0.6) is 5.75 Å². The number of H-pyrrole nitrogens is 1. The number of aromatic amines is 1. The maximum Gasteiger partial charge on any atom is 0.311 e. The molecule has 1 N–H and O–H groups in total. The summed E-state index contributed by atoms with van der Waals surface area (Å²) in [7, 11) is 1.63. The second-order valence-electron chi connectivity index (χ2n) is 6.05. The summed E-state index contributed by atoms with van der Waals surface area (Å²) < 4.78 is 12.0. The molecule has 0 saturated heterocycles. The molecule has 1 atom stereocenters. The van der Waals surface area contributed by atoms with E-state index in [4.69, 9.17) is 9.47 Å². The lowest BCUT2D eigenvalue weighted by molar-refractivity contribution is -0.147. The van der Waals surface area contributed by atoms with Crippen molar-refractivity contribution in [2.24, 2.45) is 0 Å². The molecule has 1 unspecified atom stereocenters. The van der Waals surface area contributed by atoms with Crippen molar-refractivity contribution in [1.29, 1.82) is 0 Å².